The first-order valence-electron chi connectivity index (χ1n) is 11.7. The Bertz CT molecular complexity index is 1400. The number of halogens is 2. The van der Waals surface area contributed by atoms with Crippen LogP contribution in [0.15, 0.2) is 65.3 Å². The Morgan fingerprint density at radius 2 is 2.08 bits per heavy atom. The van der Waals surface area contributed by atoms with Crippen molar-refractivity contribution in [3.63, 3.8) is 0 Å². The molecular weight excluding hydrogens is 482 g/mol. The van der Waals surface area contributed by atoms with Crippen LogP contribution in [0.2, 0.25) is 0 Å². The number of aromatic nitrogens is 2. The van der Waals surface area contributed by atoms with E-state index in [1.165, 1.54) is 6.08 Å². The number of fused-ring (bicyclic) bond motifs is 3. The molecule has 2 aliphatic heterocycles. The summed E-state index contributed by atoms with van der Waals surface area (Å²) < 4.78 is 34.1. The number of hydrogen-bond acceptors (Lipinski definition) is 8. The first kappa shape index (κ1) is 22.8. The second-order valence-corrected chi connectivity index (χ2v) is 10.1. The zero-order valence-corrected chi connectivity index (χ0v) is 20.6. The molecule has 0 saturated carbocycles. The third-order valence-corrected chi connectivity index (χ3v) is 7.66. The predicted octanol–water partition coefficient (Wildman–Crippen LogP) is 5.20. The van der Waals surface area contributed by atoms with Gasteiger partial charge in [-0.25, -0.2) is 23.7 Å². The molecule has 2 unspecified atom stereocenters. The van der Waals surface area contributed by atoms with Crippen LogP contribution in [-0.4, -0.2) is 48.1 Å². The van der Waals surface area contributed by atoms with Gasteiger partial charge >= 0.3 is 0 Å². The van der Waals surface area contributed by atoms with Crippen LogP contribution >= 0.6 is 11.3 Å². The fraction of sp³-hybridized carbons (Fsp3) is 0.269. The van der Waals surface area contributed by atoms with Gasteiger partial charge in [-0.15, -0.1) is 11.3 Å². The van der Waals surface area contributed by atoms with Gasteiger partial charge in [-0.2, -0.15) is 5.01 Å². The van der Waals surface area contributed by atoms with Crippen molar-refractivity contribution >= 4 is 23.5 Å². The predicted molar refractivity (Wildman–Crippen MR) is 137 cm³/mol. The summed E-state index contributed by atoms with van der Waals surface area (Å²) in [6, 6.07) is 9.35. The zero-order valence-electron chi connectivity index (χ0n) is 19.8. The molecule has 36 heavy (non-hydrogen) atoms. The van der Waals surface area contributed by atoms with E-state index in [2.05, 4.69) is 21.5 Å². The molecule has 0 radical (unpaired) electrons. The Labute approximate surface area is 211 Å². The monoisotopic (exact) mass is 506 g/mol. The fourth-order valence-corrected chi connectivity index (χ4v) is 5.83. The first-order valence-corrected chi connectivity index (χ1v) is 12.5. The second kappa shape index (κ2) is 9.11. The van der Waals surface area contributed by atoms with E-state index in [-0.39, 0.29) is 6.42 Å². The molecular formula is C26H24F2N6OS. The van der Waals surface area contributed by atoms with E-state index < -0.39 is 23.9 Å². The SMILES string of the molecule is CN(C)c1ccc(-c2ccc3c(n2)-c2sc(C4N=CNN4C4CC=C(F)C=C4F)cc2CCO3)cn1. The molecule has 10 heteroatoms. The van der Waals surface area contributed by atoms with Crippen molar-refractivity contribution in [2.45, 2.75) is 25.0 Å². The van der Waals surface area contributed by atoms with Crippen molar-refractivity contribution in [3.8, 4) is 27.6 Å². The number of hydrazine groups is 1. The third kappa shape index (κ3) is 4.06. The number of allylic oxidation sites excluding steroid dienone is 2. The summed E-state index contributed by atoms with van der Waals surface area (Å²) in [7, 11) is 3.91. The number of pyridine rings is 2. The number of aliphatic imine (C=N–C) groups is 1. The summed E-state index contributed by atoms with van der Waals surface area (Å²) in [6.45, 7) is 0.538. The molecule has 7 nitrogen and oxygen atoms in total. The van der Waals surface area contributed by atoms with Crippen LogP contribution < -0.4 is 15.1 Å². The van der Waals surface area contributed by atoms with Crippen molar-refractivity contribution < 1.29 is 13.5 Å². The topological polar surface area (TPSA) is 65.9 Å². The largest absolute Gasteiger partial charge is 0.491 e. The summed E-state index contributed by atoms with van der Waals surface area (Å²) >= 11 is 1.58. The number of thiophene rings is 1. The van der Waals surface area contributed by atoms with Gasteiger partial charge in [0.2, 0.25) is 0 Å². The highest BCUT2D eigenvalue weighted by Gasteiger charge is 2.35. The average molecular weight is 507 g/mol. The van der Waals surface area contributed by atoms with Crippen molar-refractivity contribution in [3.05, 3.63) is 70.8 Å². The maximum absolute atomic E-state index is 14.6. The summed E-state index contributed by atoms with van der Waals surface area (Å²) in [6.07, 6.45) is 6.26. The lowest BCUT2D eigenvalue weighted by Gasteiger charge is -2.30. The minimum atomic E-state index is -0.628. The summed E-state index contributed by atoms with van der Waals surface area (Å²) in [5, 5.41) is 1.74. The van der Waals surface area contributed by atoms with Gasteiger partial charge in [0.1, 0.15) is 28.9 Å². The molecule has 1 aliphatic carbocycles. The van der Waals surface area contributed by atoms with Crippen LogP contribution in [0.3, 0.4) is 0 Å². The Hall–Kier alpha value is -3.63. The molecule has 3 aliphatic rings. The van der Waals surface area contributed by atoms with Crippen LogP contribution in [0.25, 0.3) is 21.8 Å². The second-order valence-electron chi connectivity index (χ2n) is 9.00. The van der Waals surface area contributed by atoms with E-state index in [1.54, 1.807) is 22.7 Å². The molecule has 3 aromatic heterocycles. The molecule has 0 aromatic carbocycles. The Morgan fingerprint density at radius 3 is 2.86 bits per heavy atom. The zero-order chi connectivity index (χ0) is 24.8. The highest BCUT2D eigenvalue weighted by atomic mass is 32.1. The van der Waals surface area contributed by atoms with Crippen molar-refractivity contribution in [2.24, 2.45) is 4.99 Å². The van der Waals surface area contributed by atoms with Crippen LogP contribution in [-0.2, 0) is 6.42 Å². The van der Waals surface area contributed by atoms with Crippen molar-refractivity contribution in [1.29, 1.82) is 0 Å². The molecule has 6 rings (SSSR count). The van der Waals surface area contributed by atoms with E-state index in [9.17, 15) is 8.78 Å². The molecule has 0 spiro atoms. The summed E-state index contributed by atoms with van der Waals surface area (Å²) in [5.74, 6) is 0.540. The van der Waals surface area contributed by atoms with Crippen molar-refractivity contribution in [2.75, 3.05) is 25.6 Å². The molecule has 3 aromatic rings. The number of ether oxygens (including phenoxy) is 1. The Kier molecular flexibility index (Phi) is 5.77. The fourth-order valence-electron chi connectivity index (χ4n) is 4.58. The first-order chi connectivity index (χ1) is 17.5. The molecule has 1 N–H and O–H groups in total. The van der Waals surface area contributed by atoms with Crippen LogP contribution in [0.4, 0.5) is 14.6 Å². The van der Waals surface area contributed by atoms with Crippen LogP contribution in [0, 0.1) is 0 Å². The van der Waals surface area contributed by atoms with E-state index in [4.69, 9.17) is 9.72 Å². The number of nitrogens with zero attached hydrogens (tertiary/aromatic N) is 5. The van der Waals surface area contributed by atoms with Crippen LogP contribution in [0.1, 0.15) is 23.0 Å². The maximum Gasteiger partial charge on any atom is 0.156 e. The lowest BCUT2D eigenvalue weighted by Crippen LogP contribution is -2.43. The summed E-state index contributed by atoms with van der Waals surface area (Å²) in [4.78, 5) is 18.0. The van der Waals surface area contributed by atoms with E-state index >= 15 is 0 Å². The molecule has 0 fully saturated rings. The van der Waals surface area contributed by atoms with Gasteiger partial charge in [-0.05, 0) is 48.4 Å². The van der Waals surface area contributed by atoms with Gasteiger partial charge in [0.15, 0.2) is 6.17 Å². The standard InChI is InChI=1S/C26H24F2N6OS/c1-33(2)23-8-3-16(13-29-23)19-5-7-21-24(32-19)25-15(9-10-35-21)11-22(36-25)26-30-14-31-34(26)20-6-4-17(27)12-18(20)28/h3-5,7-8,11-14,20,26H,6,9-10H2,1-2H3,(H,30,31). The number of rotatable bonds is 4. The maximum atomic E-state index is 14.6. The summed E-state index contributed by atoms with van der Waals surface area (Å²) in [5.41, 5.74) is 6.67. The van der Waals surface area contributed by atoms with E-state index in [0.717, 1.165) is 56.3 Å². The van der Waals surface area contributed by atoms with E-state index in [1.807, 2.05) is 49.5 Å². The molecule has 0 bridgehead atoms. The van der Waals surface area contributed by atoms with Gasteiger partial charge < -0.3 is 15.1 Å². The Morgan fingerprint density at radius 1 is 1.19 bits per heavy atom. The highest BCUT2D eigenvalue weighted by molar-refractivity contribution is 7.15. The molecule has 0 saturated heterocycles. The highest BCUT2D eigenvalue weighted by Crippen LogP contribution is 2.44. The number of anilines is 1. The van der Waals surface area contributed by atoms with Gasteiger partial charge in [-0.1, -0.05) is 0 Å². The number of nitrogens with one attached hydrogen (secondary N) is 1. The smallest absolute Gasteiger partial charge is 0.156 e. The normalized spacial score (nSPS) is 21.0. The average Bonchev–Trinajstić information content (AvgIpc) is 3.48. The minimum absolute atomic E-state index is 0.231. The minimum Gasteiger partial charge on any atom is -0.491 e. The van der Waals surface area contributed by atoms with Gasteiger partial charge in [-0.3, -0.25) is 0 Å². The van der Waals surface area contributed by atoms with Gasteiger partial charge in [0.05, 0.1) is 29.6 Å². The molecule has 5 heterocycles. The van der Waals surface area contributed by atoms with Crippen LogP contribution in [0.5, 0.6) is 5.75 Å². The third-order valence-electron chi connectivity index (χ3n) is 6.44. The quantitative estimate of drug-likeness (QED) is 0.525. The molecule has 184 valence electrons. The van der Waals surface area contributed by atoms with Gasteiger partial charge in [0.25, 0.3) is 0 Å². The van der Waals surface area contributed by atoms with Gasteiger partial charge in [0, 0.05) is 43.2 Å². The van der Waals surface area contributed by atoms with E-state index in [0.29, 0.717) is 6.61 Å². The Balaban J connectivity index is 1.35. The molecule has 2 atom stereocenters. The van der Waals surface area contributed by atoms with Crippen molar-refractivity contribution in [1.82, 2.24) is 20.4 Å². The number of hydrogen-bond donors (Lipinski definition) is 1. The molecule has 0 amide bonds. The lowest BCUT2D eigenvalue weighted by molar-refractivity contribution is 0.130. The lowest BCUT2D eigenvalue weighted by atomic mass is 10.1.